The van der Waals surface area contributed by atoms with Crippen LogP contribution in [-0.4, -0.2) is 18.1 Å². The monoisotopic (exact) mass is 1040 g/mol. The van der Waals surface area contributed by atoms with Crippen molar-refractivity contribution in [3.05, 3.63) is 227 Å². The molecule has 2 atom stereocenters. The second-order valence-electron chi connectivity index (χ2n) is 21.2. The summed E-state index contributed by atoms with van der Waals surface area (Å²) in [4.78, 5) is 5.31. The molecule has 9 heteroatoms. The third-order valence-electron chi connectivity index (χ3n) is 17.0. The normalized spacial score (nSPS) is 15.2. The summed E-state index contributed by atoms with van der Waals surface area (Å²) in [6.07, 6.45) is 2.42. The molecule has 77 heavy (non-hydrogen) atoms. The molecule has 0 saturated heterocycles. The summed E-state index contributed by atoms with van der Waals surface area (Å²) in [5.74, 6) is 0. The van der Waals surface area contributed by atoms with Crippen LogP contribution < -0.4 is 10.3 Å². The Labute approximate surface area is 448 Å². The molecule has 8 heterocycles. The lowest BCUT2D eigenvalue weighted by Crippen LogP contribution is -2.36. The van der Waals surface area contributed by atoms with Crippen molar-refractivity contribution in [3.8, 4) is 11.4 Å². The van der Waals surface area contributed by atoms with Crippen molar-refractivity contribution in [1.82, 2.24) is 18.1 Å². The van der Waals surface area contributed by atoms with Crippen molar-refractivity contribution in [2.24, 2.45) is 0 Å². The minimum atomic E-state index is -1.17. The van der Waals surface area contributed by atoms with Crippen molar-refractivity contribution in [3.63, 3.8) is 0 Å². The summed E-state index contributed by atoms with van der Waals surface area (Å²) < 4.78 is 20.6. The van der Waals surface area contributed by atoms with E-state index < -0.39 is 7.34 Å². The molecule has 1 aliphatic carbocycles. The Bertz CT molecular complexity index is 5400. The van der Waals surface area contributed by atoms with Gasteiger partial charge in [0.25, 0.3) is 0 Å². The van der Waals surface area contributed by atoms with Gasteiger partial charge in [-0.2, -0.15) is 0 Å². The number of aryl methyl sites for hydroxylation is 2. The van der Waals surface area contributed by atoms with Gasteiger partial charge in [-0.25, -0.2) is 0 Å². The predicted octanol–water partition coefficient (Wildman–Crippen LogP) is 18.9. The standard InChI is InChI=1S/C68H41N5OPS2/c1-37-27-29-52-60(31-37)76-67-56(70-48-23-11-5-17-42(48)43-18-6-12-24-49(43)70)35-58-65-62(67)72(52)54-33-39(69-46-21-9-3-15-40(46)41-16-4-10-22-47(41)69)34-55-64(54)75(65)66-59(74-58)36-57(68-63(66)73(55)53-30-28-38(2)32-61(53)77-68)71-50-25-13-7-19-44(50)45-20-8-14-26-51(45)71/h3-36,62H,1-2H3/q+1. The van der Waals surface area contributed by atoms with Crippen LogP contribution in [0.25, 0.3) is 130 Å². The number of anilines is 2. The molecule has 0 fully saturated rings. The van der Waals surface area contributed by atoms with Crippen LogP contribution in [0.5, 0.6) is 0 Å². The van der Waals surface area contributed by atoms with E-state index >= 15 is 0 Å². The number of hydrogen-bond donors (Lipinski definition) is 0. The molecule has 2 unspecified atom stereocenters. The molecule has 10 aromatic carbocycles. The first-order valence-electron chi connectivity index (χ1n) is 26.4. The second-order valence-corrected chi connectivity index (χ2v) is 25.4. The average Bonchev–Trinajstić information content (AvgIpc) is 3.71. The van der Waals surface area contributed by atoms with Gasteiger partial charge in [-0.3, -0.25) is 4.40 Å². The minimum absolute atomic E-state index is 0.136. The molecule has 19 rings (SSSR count). The van der Waals surface area contributed by atoms with E-state index in [2.05, 4.69) is 243 Å². The summed E-state index contributed by atoms with van der Waals surface area (Å²) in [5.41, 5.74) is 21.1. The zero-order valence-electron chi connectivity index (χ0n) is 41.6. The molecular formula is C68H41N5OPS2+. The molecule has 3 aliphatic rings. The van der Waals surface area contributed by atoms with Gasteiger partial charge in [0.15, 0.2) is 18.3 Å². The van der Waals surface area contributed by atoms with Crippen molar-refractivity contribution in [1.29, 1.82) is 0 Å². The number of rotatable bonds is 3. The van der Waals surface area contributed by atoms with Gasteiger partial charge in [0.2, 0.25) is 15.5 Å². The Morgan fingerprint density at radius 3 is 1.62 bits per heavy atom. The topological polar surface area (TPSA) is 35.6 Å². The maximum atomic E-state index is 7.85. The Balaban J connectivity index is 1.08. The van der Waals surface area contributed by atoms with E-state index in [0.29, 0.717) is 0 Å². The van der Waals surface area contributed by atoms with Gasteiger partial charge in [-0.1, -0.05) is 133 Å². The molecule has 6 aromatic heterocycles. The Morgan fingerprint density at radius 2 is 1.01 bits per heavy atom. The molecule has 0 amide bonds. The molecule has 2 aliphatic heterocycles. The lowest BCUT2D eigenvalue weighted by atomic mass is 10.0. The van der Waals surface area contributed by atoms with Crippen molar-refractivity contribution < 1.29 is 4.42 Å². The molecule has 6 nitrogen and oxygen atoms in total. The highest BCUT2D eigenvalue weighted by Crippen LogP contribution is 2.67. The predicted molar refractivity (Wildman–Crippen MR) is 327 cm³/mol. The molecular weight excluding hydrogens is 998 g/mol. The number of fused-ring (bicyclic) bond motifs is 15. The first kappa shape index (κ1) is 41.5. The fraction of sp³-hybridized carbons (Fsp3) is 0.0441. The molecule has 0 saturated carbocycles. The van der Waals surface area contributed by atoms with Crippen molar-refractivity contribution in [2.45, 2.75) is 24.8 Å². The number of hydrogen-bond acceptors (Lipinski definition) is 4. The lowest BCUT2D eigenvalue weighted by Gasteiger charge is -2.42. The van der Waals surface area contributed by atoms with Crippen LogP contribution in [0.1, 0.15) is 22.5 Å². The Hall–Kier alpha value is -8.78. The fourth-order valence-electron chi connectivity index (χ4n) is 14.0. The van der Waals surface area contributed by atoms with E-state index in [4.69, 9.17) is 4.42 Å². The second kappa shape index (κ2) is 14.6. The summed E-state index contributed by atoms with van der Waals surface area (Å²) in [6.45, 7) is 4.46. The molecule has 0 spiro atoms. The van der Waals surface area contributed by atoms with Crippen molar-refractivity contribution >= 4 is 161 Å². The average molecular weight is 1040 g/mol. The van der Waals surface area contributed by atoms with E-state index in [1.165, 1.54) is 139 Å². The fourth-order valence-corrected chi connectivity index (χ4v) is 19.9. The van der Waals surface area contributed by atoms with Crippen LogP contribution in [0.2, 0.25) is 0 Å². The smallest absolute Gasteiger partial charge is 0.222 e. The molecule has 16 aromatic rings. The number of allylic oxidation sites excluding steroid dienone is 1. The first-order valence-corrected chi connectivity index (χ1v) is 29.3. The van der Waals surface area contributed by atoms with Gasteiger partial charge in [-0.05, 0) is 97.8 Å². The Kier molecular flexibility index (Phi) is 7.85. The van der Waals surface area contributed by atoms with Gasteiger partial charge in [0, 0.05) is 54.3 Å². The zero-order valence-corrected chi connectivity index (χ0v) is 44.1. The van der Waals surface area contributed by atoms with Crippen LogP contribution in [-0.2, 0) is 0 Å². The van der Waals surface area contributed by atoms with Gasteiger partial charge >= 0.3 is 0 Å². The van der Waals surface area contributed by atoms with Gasteiger partial charge in [0.1, 0.15) is 17.1 Å². The number of benzene rings is 10. The summed E-state index contributed by atoms with van der Waals surface area (Å²) >= 11 is 3.87. The number of nitrogens with zero attached hydrogens (tertiary/aromatic N) is 5. The SMILES string of the molecule is Cc1ccc2c(c1)SC1=C(n3c4ccccc4c4ccccc43)C=c3oc4cc(-n5c6ccccc6c6ccccc65)c5sc6cc(C)ccc6n6c7cc(-n8c9ccccc9c9ccccc98)cc8c7[p+](c3C1N28)c4c56. The quantitative estimate of drug-likeness (QED) is 0.131. The van der Waals surface area contributed by atoms with Crippen LogP contribution in [0.4, 0.5) is 11.4 Å². The maximum Gasteiger partial charge on any atom is 0.222 e. The summed E-state index contributed by atoms with van der Waals surface area (Å²) in [6, 6.07) is 75.1. The highest BCUT2D eigenvalue weighted by molar-refractivity contribution is 8.03. The van der Waals surface area contributed by atoms with Gasteiger partial charge in [-0.15, -0.1) is 11.3 Å². The summed E-state index contributed by atoms with van der Waals surface area (Å²) in [7, 11) is -1.17. The Morgan fingerprint density at radius 1 is 0.468 bits per heavy atom. The number of aromatic nitrogens is 4. The number of thioether (sulfide) groups is 1. The van der Waals surface area contributed by atoms with Crippen LogP contribution in [0.3, 0.4) is 0 Å². The van der Waals surface area contributed by atoms with E-state index in [1.807, 2.05) is 23.1 Å². The largest absolute Gasteiger partial charge is 0.448 e. The highest BCUT2D eigenvalue weighted by atomic mass is 32.2. The highest BCUT2D eigenvalue weighted by Gasteiger charge is 2.50. The summed E-state index contributed by atoms with van der Waals surface area (Å²) in [5, 5.41) is 11.5. The van der Waals surface area contributed by atoms with E-state index in [1.54, 1.807) is 0 Å². The van der Waals surface area contributed by atoms with Crippen LogP contribution in [0.15, 0.2) is 214 Å². The molecule has 0 radical (unpaired) electrons. The minimum Gasteiger partial charge on any atom is -0.448 e. The third-order valence-corrected chi connectivity index (χ3v) is 22.1. The molecule has 0 N–H and O–H groups in total. The van der Waals surface area contributed by atoms with E-state index in [-0.39, 0.29) is 6.04 Å². The zero-order chi connectivity index (χ0) is 50.1. The molecule has 0 bridgehead atoms. The van der Waals surface area contributed by atoms with Gasteiger partial charge < -0.3 is 23.0 Å². The van der Waals surface area contributed by atoms with E-state index in [9.17, 15) is 0 Å². The van der Waals surface area contributed by atoms with Gasteiger partial charge in [0.05, 0.1) is 76.5 Å². The first-order chi connectivity index (χ1) is 38.0. The van der Waals surface area contributed by atoms with Crippen LogP contribution in [0, 0.1) is 13.8 Å². The van der Waals surface area contributed by atoms with E-state index in [0.717, 1.165) is 28.1 Å². The maximum absolute atomic E-state index is 7.85. The lowest BCUT2D eigenvalue weighted by molar-refractivity contribution is 0.554. The van der Waals surface area contributed by atoms with Crippen LogP contribution >= 0.6 is 30.4 Å². The third kappa shape index (κ3) is 5.17. The van der Waals surface area contributed by atoms with Crippen molar-refractivity contribution in [2.75, 3.05) is 4.90 Å². The molecule has 360 valence electrons. The number of para-hydroxylation sites is 6.